The number of methoxy groups -OCH3 is 1. The van der Waals surface area contributed by atoms with Crippen molar-refractivity contribution in [3.63, 3.8) is 0 Å². The maximum atomic E-state index is 6.13. The Kier molecular flexibility index (Phi) is 3.08. The van der Waals surface area contributed by atoms with Gasteiger partial charge in [0.25, 0.3) is 0 Å². The summed E-state index contributed by atoms with van der Waals surface area (Å²) >= 11 is 0. The van der Waals surface area contributed by atoms with E-state index in [1.54, 1.807) is 7.11 Å². The van der Waals surface area contributed by atoms with E-state index in [1.807, 2.05) is 0 Å². The molecular formula is C11H19NO2. The predicted octanol–water partition coefficient (Wildman–Crippen LogP) is 1.43. The fourth-order valence-corrected chi connectivity index (χ4v) is 2.03. The summed E-state index contributed by atoms with van der Waals surface area (Å²) in [5, 5.41) is 0. The highest BCUT2D eigenvalue weighted by molar-refractivity contribution is 5.09. The van der Waals surface area contributed by atoms with E-state index in [4.69, 9.17) is 15.2 Å². The van der Waals surface area contributed by atoms with Crippen LogP contribution in [0.25, 0.3) is 0 Å². The predicted molar refractivity (Wildman–Crippen MR) is 54.8 cm³/mol. The van der Waals surface area contributed by atoms with E-state index in [2.05, 4.69) is 6.08 Å². The molecule has 2 rings (SSSR count). The van der Waals surface area contributed by atoms with Crippen molar-refractivity contribution in [3.05, 3.63) is 11.8 Å². The van der Waals surface area contributed by atoms with E-state index in [0.29, 0.717) is 5.92 Å². The second kappa shape index (κ2) is 4.32. The van der Waals surface area contributed by atoms with Crippen LogP contribution in [0, 0.1) is 5.92 Å². The Morgan fingerprint density at radius 2 is 2.36 bits per heavy atom. The van der Waals surface area contributed by atoms with E-state index < -0.39 is 0 Å². The zero-order valence-electron chi connectivity index (χ0n) is 8.74. The molecule has 1 fully saturated rings. The van der Waals surface area contributed by atoms with Crippen molar-refractivity contribution in [2.75, 3.05) is 13.7 Å². The number of allylic oxidation sites excluding steroid dienone is 1. The smallest absolute Gasteiger partial charge is 0.111 e. The maximum absolute atomic E-state index is 6.13. The van der Waals surface area contributed by atoms with Gasteiger partial charge in [-0.05, 0) is 37.7 Å². The van der Waals surface area contributed by atoms with Gasteiger partial charge in [-0.3, -0.25) is 0 Å². The zero-order valence-corrected chi connectivity index (χ0v) is 8.74. The fourth-order valence-electron chi connectivity index (χ4n) is 2.03. The molecule has 0 radical (unpaired) electrons. The highest BCUT2D eigenvalue weighted by atomic mass is 16.5. The van der Waals surface area contributed by atoms with Crippen LogP contribution in [0.5, 0.6) is 0 Å². The van der Waals surface area contributed by atoms with Gasteiger partial charge in [0.1, 0.15) is 5.76 Å². The zero-order chi connectivity index (χ0) is 9.97. The SMILES string of the molecule is COC(C1CC1)C(N)C1=CCCCO1. The second-order valence-electron chi connectivity index (χ2n) is 4.16. The van der Waals surface area contributed by atoms with E-state index in [0.717, 1.165) is 25.2 Å². The van der Waals surface area contributed by atoms with Crippen molar-refractivity contribution in [3.8, 4) is 0 Å². The van der Waals surface area contributed by atoms with Crippen molar-refractivity contribution in [2.24, 2.45) is 11.7 Å². The number of hydrogen-bond donors (Lipinski definition) is 1. The third-order valence-corrected chi connectivity index (χ3v) is 3.00. The standard InChI is InChI=1S/C11H19NO2/c1-13-11(8-5-6-8)10(12)9-4-2-3-7-14-9/h4,8,10-11H,2-3,5-7,12H2,1H3. The molecule has 1 heterocycles. The van der Waals surface area contributed by atoms with Crippen LogP contribution in [-0.4, -0.2) is 25.9 Å². The van der Waals surface area contributed by atoms with Crippen LogP contribution in [-0.2, 0) is 9.47 Å². The lowest BCUT2D eigenvalue weighted by molar-refractivity contribution is 0.0476. The van der Waals surface area contributed by atoms with Crippen LogP contribution < -0.4 is 5.73 Å². The van der Waals surface area contributed by atoms with Gasteiger partial charge in [-0.2, -0.15) is 0 Å². The van der Waals surface area contributed by atoms with Crippen LogP contribution in [0.15, 0.2) is 11.8 Å². The van der Waals surface area contributed by atoms with Crippen molar-refractivity contribution in [1.82, 2.24) is 0 Å². The summed E-state index contributed by atoms with van der Waals surface area (Å²) in [4.78, 5) is 0. The number of rotatable bonds is 4. The summed E-state index contributed by atoms with van der Waals surface area (Å²) in [5.74, 6) is 1.59. The second-order valence-corrected chi connectivity index (χ2v) is 4.16. The third-order valence-electron chi connectivity index (χ3n) is 3.00. The minimum absolute atomic E-state index is 0.0622. The molecule has 3 heteroatoms. The minimum Gasteiger partial charge on any atom is -0.496 e. The van der Waals surface area contributed by atoms with Crippen LogP contribution in [0.4, 0.5) is 0 Å². The first kappa shape index (κ1) is 9.99. The third kappa shape index (κ3) is 2.10. The summed E-state index contributed by atoms with van der Waals surface area (Å²) < 4.78 is 11.0. The Balaban J connectivity index is 1.97. The van der Waals surface area contributed by atoms with Crippen molar-refractivity contribution in [2.45, 2.75) is 37.8 Å². The molecule has 1 aliphatic heterocycles. The summed E-state index contributed by atoms with van der Waals surface area (Å²) in [6.45, 7) is 0.806. The van der Waals surface area contributed by atoms with E-state index in [-0.39, 0.29) is 12.1 Å². The topological polar surface area (TPSA) is 44.5 Å². The largest absolute Gasteiger partial charge is 0.496 e. The van der Waals surface area contributed by atoms with Gasteiger partial charge >= 0.3 is 0 Å². The van der Waals surface area contributed by atoms with Gasteiger partial charge in [-0.15, -0.1) is 0 Å². The van der Waals surface area contributed by atoms with Crippen molar-refractivity contribution < 1.29 is 9.47 Å². The minimum atomic E-state index is -0.0622. The molecular weight excluding hydrogens is 178 g/mol. The average Bonchev–Trinajstić information content (AvgIpc) is 3.04. The molecule has 0 aromatic rings. The molecule has 3 nitrogen and oxygen atoms in total. The summed E-state index contributed by atoms with van der Waals surface area (Å²) in [7, 11) is 1.74. The lowest BCUT2D eigenvalue weighted by atomic mass is 10.0. The van der Waals surface area contributed by atoms with Gasteiger partial charge in [0.05, 0.1) is 18.8 Å². The highest BCUT2D eigenvalue weighted by Crippen LogP contribution is 2.36. The van der Waals surface area contributed by atoms with E-state index >= 15 is 0 Å². The first-order valence-electron chi connectivity index (χ1n) is 5.44. The molecule has 1 saturated carbocycles. The number of ether oxygens (including phenoxy) is 2. The number of hydrogen-bond acceptors (Lipinski definition) is 3. The number of nitrogens with two attached hydrogens (primary N) is 1. The van der Waals surface area contributed by atoms with Crippen molar-refractivity contribution in [1.29, 1.82) is 0 Å². The summed E-state index contributed by atoms with van der Waals surface area (Å²) in [6.07, 6.45) is 6.96. The lowest BCUT2D eigenvalue weighted by Crippen LogP contribution is -2.40. The van der Waals surface area contributed by atoms with Gasteiger partial charge in [0.2, 0.25) is 0 Å². The normalized spacial score (nSPS) is 26.3. The monoisotopic (exact) mass is 197 g/mol. The lowest BCUT2D eigenvalue weighted by Gasteiger charge is -2.26. The molecule has 0 amide bonds. The van der Waals surface area contributed by atoms with Gasteiger partial charge < -0.3 is 15.2 Å². The molecule has 0 saturated heterocycles. The maximum Gasteiger partial charge on any atom is 0.111 e. The van der Waals surface area contributed by atoms with Crippen LogP contribution in [0.1, 0.15) is 25.7 Å². The first-order chi connectivity index (χ1) is 6.83. The molecule has 0 aromatic carbocycles. The molecule has 2 atom stereocenters. The molecule has 2 aliphatic rings. The Hall–Kier alpha value is -0.540. The molecule has 2 unspecified atom stereocenters. The molecule has 80 valence electrons. The fraction of sp³-hybridized carbons (Fsp3) is 0.818. The van der Waals surface area contributed by atoms with Gasteiger partial charge in [0.15, 0.2) is 0 Å². The van der Waals surface area contributed by atoms with Crippen LogP contribution in [0.3, 0.4) is 0 Å². The molecule has 0 spiro atoms. The highest BCUT2D eigenvalue weighted by Gasteiger charge is 2.37. The molecule has 2 N–H and O–H groups in total. The van der Waals surface area contributed by atoms with Crippen LogP contribution in [0.2, 0.25) is 0 Å². The van der Waals surface area contributed by atoms with Crippen molar-refractivity contribution >= 4 is 0 Å². The Labute approximate surface area is 85.3 Å². The van der Waals surface area contributed by atoms with Crippen LogP contribution >= 0.6 is 0 Å². The molecule has 14 heavy (non-hydrogen) atoms. The Morgan fingerprint density at radius 1 is 1.57 bits per heavy atom. The molecule has 1 aliphatic carbocycles. The molecule has 0 aromatic heterocycles. The summed E-state index contributed by atoms with van der Waals surface area (Å²) in [6, 6.07) is -0.0622. The Bertz CT molecular complexity index is 223. The van der Waals surface area contributed by atoms with Gasteiger partial charge in [-0.1, -0.05) is 0 Å². The average molecular weight is 197 g/mol. The van der Waals surface area contributed by atoms with E-state index in [1.165, 1.54) is 12.8 Å². The van der Waals surface area contributed by atoms with Gasteiger partial charge in [-0.25, -0.2) is 0 Å². The molecule has 0 bridgehead atoms. The first-order valence-corrected chi connectivity index (χ1v) is 5.44. The van der Waals surface area contributed by atoms with E-state index in [9.17, 15) is 0 Å². The van der Waals surface area contributed by atoms with Gasteiger partial charge in [0, 0.05) is 7.11 Å². The summed E-state index contributed by atoms with van der Waals surface area (Å²) in [5.41, 5.74) is 6.13. The quantitative estimate of drug-likeness (QED) is 0.741. The Morgan fingerprint density at radius 3 is 2.86 bits per heavy atom.